The Labute approximate surface area is 190 Å². The lowest BCUT2D eigenvalue weighted by Crippen LogP contribution is -2.26. The molecular weight excluding hydrogens is 428 g/mol. The Hall–Kier alpha value is -4.14. The van der Waals surface area contributed by atoms with Gasteiger partial charge in [0, 0.05) is 5.69 Å². The molecule has 0 spiro atoms. The van der Waals surface area contributed by atoms with Crippen molar-refractivity contribution in [3.63, 3.8) is 0 Å². The summed E-state index contributed by atoms with van der Waals surface area (Å²) in [6.07, 6.45) is 0.207. The van der Waals surface area contributed by atoms with Crippen molar-refractivity contribution in [2.45, 2.75) is 33.8 Å². The second-order valence-corrected chi connectivity index (χ2v) is 7.23. The van der Waals surface area contributed by atoms with Crippen molar-refractivity contribution < 1.29 is 33.1 Å². The van der Waals surface area contributed by atoms with Crippen LogP contribution in [0.15, 0.2) is 47.1 Å². The van der Waals surface area contributed by atoms with E-state index in [0.717, 1.165) is 0 Å². The smallest absolute Gasteiger partial charge is 0.340 e. The molecule has 0 aliphatic heterocycles. The van der Waals surface area contributed by atoms with Crippen LogP contribution in [0, 0.1) is 13.8 Å². The number of hydrogen-bond donors (Lipinski definition) is 2. The van der Waals surface area contributed by atoms with Crippen molar-refractivity contribution in [3.8, 4) is 0 Å². The number of carbonyl (C=O) groups excluding carboxylic acids is 4. The molecule has 0 saturated heterocycles. The summed E-state index contributed by atoms with van der Waals surface area (Å²) in [6, 6.07) is 9.32. The van der Waals surface area contributed by atoms with E-state index in [1.807, 2.05) is 0 Å². The molecule has 1 amide bonds. The molecule has 0 fully saturated rings. The molecule has 33 heavy (non-hydrogen) atoms. The van der Waals surface area contributed by atoms with Crippen LogP contribution in [0.3, 0.4) is 0 Å². The molecule has 0 saturated carbocycles. The number of esters is 2. The van der Waals surface area contributed by atoms with Gasteiger partial charge in [-0.2, -0.15) is 0 Å². The minimum absolute atomic E-state index is 0.0728. The van der Waals surface area contributed by atoms with Gasteiger partial charge in [-0.1, -0.05) is 12.1 Å². The summed E-state index contributed by atoms with van der Waals surface area (Å²) in [7, 11) is 0. The van der Waals surface area contributed by atoms with Gasteiger partial charge in [-0.05, 0) is 57.5 Å². The van der Waals surface area contributed by atoms with Gasteiger partial charge in [0.05, 0.1) is 35.4 Å². The topological polar surface area (TPSA) is 128 Å². The Morgan fingerprint density at radius 1 is 1.06 bits per heavy atom. The number of carbonyl (C=O) groups is 4. The summed E-state index contributed by atoms with van der Waals surface area (Å²) < 4.78 is 15.5. The summed E-state index contributed by atoms with van der Waals surface area (Å²) in [5, 5.41) is 2.60. The molecule has 2 heterocycles. The number of rotatable bonds is 8. The number of furan rings is 1. The standard InChI is InChI=1S/C24H24N2O7/c1-5-31-24(30)19-13(2)20(25-14(19)3)21(27)15(4)33-23(29)16-9-6-7-10-17(16)26-22(28)18-11-8-12-32-18/h6-12,15,25H,5H2,1-4H3,(H,26,28). The monoisotopic (exact) mass is 452 g/mol. The number of anilines is 1. The molecular formula is C24H24N2O7. The highest BCUT2D eigenvalue weighted by molar-refractivity contribution is 6.08. The summed E-state index contributed by atoms with van der Waals surface area (Å²) >= 11 is 0. The SMILES string of the molecule is CCOC(=O)c1c(C)[nH]c(C(=O)C(C)OC(=O)c2ccccc2NC(=O)c2ccco2)c1C. The van der Waals surface area contributed by atoms with E-state index in [9.17, 15) is 19.2 Å². The third-order valence-corrected chi connectivity index (χ3v) is 4.96. The fourth-order valence-electron chi connectivity index (χ4n) is 3.35. The minimum Gasteiger partial charge on any atom is -0.462 e. The number of ether oxygens (including phenoxy) is 2. The van der Waals surface area contributed by atoms with Crippen molar-refractivity contribution >= 4 is 29.3 Å². The molecule has 9 nitrogen and oxygen atoms in total. The van der Waals surface area contributed by atoms with Gasteiger partial charge in [-0.15, -0.1) is 0 Å². The van der Waals surface area contributed by atoms with E-state index < -0.39 is 29.7 Å². The third kappa shape index (κ3) is 5.03. The number of para-hydroxylation sites is 1. The largest absolute Gasteiger partial charge is 0.462 e. The zero-order valence-electron chi connectivity index (χ0n) is 18.7. The Morgan fingerprint density at radius 3 is 2.45 bits per heavy atom. The number of H-pyrrole nitrogens is 1. The quantitative estimate of drug-likeness (QED) is 0.389. The highest BCUT2D eigenvalue weighted by atomic mass is 16.5. The molecule has 0 bridgehead atoms. The van der Waals surface area contributed by atoms with Gasteiger partial charge >= 0.3 is 11.9 Å². The van der Waals surface area contributed by atoms with Crippen LogP contribution in [-0.2, 0) is 9.47 Å². The molecule has 3 rings (SSSR count). The minimum atomic E-state index is -1.15. The first-order valence-corrected chi connectivity index (χ1v) is 10.3. The van der Waals surface area contributed by atoms with Gasteiger partial charge in [0.15, 0.2) is 11.9 Å². The van der Waals surface area contributed by atoms with E-state index in [2.05, 4.69) is 10.3 Å². The second kappa shape index (κ2) is 9.99. The van der Waals surface area contributed by atoms with Gasteiger partial charge < -0.3 is 24.2 Å². The summed E-state index contributed by atoms with van der Waals surface area (Å²) in [5.41, 5.74) is 1.63. The molecule has 0 aliphatic carbocycles. The summed E-state index contributed by atoms with van der Waals surface area (Å²) in [4.78, 5) is 53.1. The van der Waals surface area contributed by atoms with Crippen LogP contribution in [0.1, 0.15) is 66.9 Å². The van der Waals surface area contributed by atoms with Gasteiger partial charge in [0.1, 0.15) is 0 Å². The molecule has 1 aromatic carbocycles. The van der Waals surface area contributed by atoms with Crippen LogP contribution in [-0.4, -0.2) is 41.3 Å². The number of nitrogens with one attached hydrogen (secondary N) is 2. The highest BCUT2D eigenvalue weighted by Gasteiger charge is 2.28. The normalized spacial score (nSPS) is 11.5. The number of amides is 1. The van der Waals surface area contributed by atoms with Crippen LogP contribution in [0.2, 0.25) is 0 Å². The molecule has 9 heteroatoms. The molecule has 1 atom stereocenters. The molecule has 3 aromatic rings. The van der Waals surface area contributed by atoms with Crippen LogP contribution in [0.5, 0.6) is 0 Å². The Kier molecular flexibility index (Phi) is 7.12. The van der Waals surface area contributed by atoms with Gasteiger partial charge in [-0.3, -0.25) is 9.59 Å². The predicted molar refractivity (Wildman–Crippen MR) is 119 cm³/mol. The van der Waals surface area contributed by atoms with Crippen LogP contribution in [0.4, 0.5) is 5.69 Å². The second-order valence-electron chi connectivity index (χ2n) is 7.23. The van der Waals surface area contributed by atoms with Crippen LogP contribution < -0.4 is 5.32 Å². The Balaban J connectivity index is 1.76. The average molecular weight is 452 g/mol. The lowest BCUT2D eigenvalue weighted by Gasteiger charge is -2.14. The molecule has 2 N–H and O–H groups in total. The van der Waals surface area contributed by atoms with Crippen molar-refractivity contribution in [2.75, 3.05) is 11.9 Å². The number of Topliss-reactive ketones (excluding diaryl/α,β-unsaturated/α-hetero) is 1. The van der Waals surface area contributed by atoms with Gasteiger partial charge in [0.2, 0.25) is 5.78 Å². The summed E-state index contributed by atoms with van der Waals surface area (Å²) in [5.74, 6) is -2.28. The number of aromatic amines is 1. The molecule has 172 valence electrons. The fraction of sp³-hybridized carbons (Fsp3) is 0.250. The Bertz CT molecular complexity index is 1190. The van der Waals surface area contributed by atoms with E-state index in [-0.39, 0.29) is 34.9 Å². The maximum Gasteiger partial charge on any atom is 0.340 e. The number of aryl methyl sites for hydroxylation is 1. The van der Waals surface area contributed by atoms with E-state index >= 15 is 0 Å². The van der Waals surface area contributed by atoms with E-state index in [0.29, 0.717) is 11.3 Å². The van der Waals surface area contributed by atoms with E-state index in [4.69, 9.17) is 13.9 Å². The first-order chi connectivity index (χ1) is 15.7. The molecule has 1 unspecified atom stereocenters. The maximum absolute atomic E-state index is 13.0. The highest BCUT2D eigenvalue weighted by Crippen LogP contribution is 2.23. The van der Waals surface area contributed by atoms with E-state index in [1.165, 1.54) is 31.4 Å². The lowest BCUT2D eigenvalue weighted by atomic mass is 10.1. The van der Waals surface area contributed by atoms with Crippen LogP contribution in [0.25, 0.3) is 0 Å². The maximum atomic E-state index is 13.0. The summed E-state index contributed by atoms with van der Waals surface area (Å²) in [6.45, 7) is 6.61. The van der Waals surface area contributed by atoms with Crippen LogP contribution >= 0.6 is 0 Å². The zero-order chi connectivity index (χ0) is 24.1. The van der Waals surface area contributed by atoms with Crippen molar-refractivity contribution in [3.05, 3.63) is 76.5 Å². The first kappa shape index (κ1) is 23.5. The Morgan fingerprint density at radius 2 is 1.79 bits per heavy atom. The first-order valence-electron chi connectivity index (χ1n) is 10.3. The number of hydrogen-bond acceptors (Lipinski definition) is 7. The van der Waals surface area contributed by atoms with Gasteiger partial charge in [0.25, 0.3) is 5.91 Å². The molecule has 0 aliphatic rings. The number of aromatic nitrogens is 1. The zero-order valence-corrected chi connectivity index (χ0v) is 18.7. The number of ketones is 1. The van der Waals surface area contributed by atoms with Gasteiger partial charge in [-0.25, -0.2) is 9.59 Å². The van der Waals surface area contributed by atoms with Crippen molar-refractivity contribution in [2.24, 2.45) is 0 Å². The van der Waals surface area contributed by atoms with Crippen molar-refractivity contribution in [1.82, 2.24) is 4.98 Å². The average Bonchev–Trinajstić information content (AvgIpc) is 3.42. The number of benzene rings is 1. The third-order valence-electron chi connectivity index (χ3n) is 4.96. The van der Waals surface area contributed by atoms with E-state index in [1.54, 1.807) is 39.0 Å². The fourth-order valence-corrected chi connectivity index (χ4v) is 3.35. The lowest BCUT2D eigenvalue weighted by molar-refractivity contribution is 0.0317. The predicted octanol–water partition coefficient (Wildman–Crippen LogP) is 4.08. The molecule has 0 radical (unpaired) electrons. The molecule has 2 aromatic heterocycles. The van der Waals surface area contributed by atoms with Crippen molar-refractivity contribution in [1.29, 1.82) is 0 Å².